The van der Waals surface area contributed by atoms with Gasteiger partial charge in [-0.1, -0.05) is 19.0 Å². The van der Waals surface area contributed by atoms with Crippen molar-refractivity contribution in [3.63, 3.8) is 0 Å². The minimum absolute atomic E-state index is 0.203. The van der Waals surface area contributed by atoms with Gasteiger partial charge in [-0.15, -0.1) is 0 Å². The van der Waals surface area contributed by atoms with E-state index in [1.807, 2.05) is 13.8 Å². The molecule has 0 saturated carbocycles. The monoisotopic (exact) mass is 249 g/mol. The van der Waals surface area contributed by atoms with Crippen LogP contribution < -0.4 is 11.1 Å². The third kappa shape index (κ3) is 6.79. The number of oxime groups is 1. The van der Waals surface area contributed by atoms with E-state index < -0.39 is 10.8 Å². The van der Waals surface area contributed by atoms with Gasteiger partial charge in [-0.3, -0.25) is 4.21 Å². The molecule has 0 rings (SSSR count). The van der Waals surface area contributed by atoms with Crippen LogP contribution in [0, 0.1) is 0 Å². The van der Waals surface area contributed by atoms with Gasteiger partial charge in [-0.2, -0.15) is 0 Å². The van der Waals surface area contributed by atoms with Gasteiger partial charge in [0.15, 0.2) is 0 Å². The normalized spacial score (nSPS) is 18.1. The number of nitrogens with zero attached hydrogens (tertiary/aromatic N) is 1. The summed E-state index contributed by atoms with van der Waals surface area (Å²) in [6, 6.07) is 0.216. The summed E-state index contributed by atoms with van der Waals surface area (Å²) in [5.74, 6) is 0.242. The summed E-state index contributed by atoms with van der Waals surface area (Å²) in [7, 11) is -0.768. The molecule has 0 saturated heterocycles. The van der Waals surface area contributed by atoms with Gasteiger partial charge in [0.1, 0.15) is 5.84 Å². The smallest absolute Gasteiger partial charge is 0.140 e. The quantitative estimate of drug-likeness (QED) is 0.255. The fraction of sp³-hybridized carbons (Fsp3) is 0.900. The Bertz CT molecular complexity index is 246. The fourth-order valence-corrected chi connectivity index (χ4v) is 1.76. The van der Waals surface area contributed by atoms with E-state index in [0.717, 1.165) is 19.4 Å². The molecular formula is C10H23N3O2S. The zero-order chi connectivity index (χ0) is 12.6. The van der Waals surface area contributed by atoms with E-state index in [1.54, 1.807) is 6.26 Å². The lowest BCUT2D eigenvalue weighted by molar-refractivity contribution is 0.315. The van der Waals surface area contributed by atoms with Crippen LogP contribution in [0.15, 0.2) is 5.16 Å². The summed E-state index contributed by atoms with van der Waals surface area (Å²) in [5, 5.41) is 14.9. The van der Waals surface area contributed by atoms with Crippen LogP contribution in [0.3, 0.4) is 0 Å². The van der Waals surface area contributed by atoms with Crippen LogP contribution in [0.4, 0.5) is 0 Å². The molecule has 96 valence electrons. The molecule has 0 amide bonds. The number of rotatable bonds is 8. The number of nitrogens with two attached hydrogens (primary N) is 1. The summed E-state index contributed by atoms with van der Waals surface area (Å²) < 4.78 is 11.1. The maximum Gasteiger partial charge on any atom is 0.140 e. The second kappa shape index (κ2) is 8.52. The average Bonchev–Trinajstić information content (AvgIpc) is 2.26. The molecule has 0 radical (unpaired) electrons. The lowest BCUT2D eigenvalue weighted by atomic mass is 10.1. The van der Waals surface area contributed by atoms with Crippen LogP contribution in [0.25, 0.3) is 0 Å². The zero-order valence-electron chi connectivity index (χ0n) is 10.3. The number of nitrogens with one attached hydrogen (secondary N) is 1. The minimum atomic E-state index is -0.768. The SMILES string of the molecule is CCC(CC(N)=NO)NCCC(C)S(C)=O. The van der Waals surface area contributed by atoms with Gasteiger partial charge in [0, 0.05) is 34.8 Å². The van der Waals surface area contributed by atoms with Crippen LogP contribution >= 0.6 is 0 Å². The summed E-state index contributed by atoms with van der Waals surface area (Å²) in [4.78, 5) is 0. The van der Waals surface area contributed by atoms with E-state index in [0.29, 0.717) is 6.42 Å². The molecular weight excluding hydrogens is 226 g/mol. The minimum Gasteiger partial charge on any atom is -0.409 e. The van der Waals surface area contributed by atoms with Crippen LogP contribution in [0.1, 0.15) is 33.1 Å². The average molecular weight is 249 g/mol. The molecule has 0 aliphatic heterocycles. The van der Waals surface area contributed by atoms with Crippen LogP contribution in [-0.2, 0) is 10.8 Å². The van der Waals surface area contributed by atoms with Crippen molar-refractivity contribution in [2.45, 2.75) is 44.4 Å². The number of hydrogen-bond donors (Lipinski definition) is 3. The van der Waals surface area contributed by atoms with Crippen molar-refractivity contribution in [3.05, 3.63) is 0 Å². The van der Waals surface area contributed by atoms with E-state index in [-0.39, 0.29) is 17.1 Å². The molecule has 16 heavy (non-hydrogen) atoms. The van der Waals surface area contributed by atoms with Gasteiger partial charge in [0.2, 0.25) is 0 Å². The molecule has 0 bridgehead atoms. The molecule has 3 atom stereocenters. The predicted octanol–water partition coefficient (Wildman–Crippen LogP) is 0.648. The highest BCUT2D eigenvalue weighted by molar-refractivity contribution is 7.84. The highest BCUT2D eigenvalue weighted by Crippen LogP contribution is 2.01. The molecule has 0 aromatic rings. The molecule has 5 nitrogen and oxygen atoms in total. The Morgan fingerprint density at radius 2 is 2.25 bits per heavy atom. The first-order valence-electron chi connectivity index (χ1n) is 5.53. The maximum absolute atomic E-state index is 11.1. The van der Waals surface area contributed by atoms with Crippen molar-refractivity contribution < 1.29 is 9.42 Å². The van der Waals surface area contributed by atoms with Crippen molar-refractivity contribution in [1.29, 1.82) is 0 Å². The molecule has 0 heterocycles. The van der Waals surface area contributed by atoms with E-state index in [9.17, 15) is 4.21 Å². The fourth-order valence-electron chi connectivity index (χ4n) is 1.31. The molecule has 0 aliphatic rings. The second-order valence-electron chi connectivity index (χ2n) is 3.95. The number of hydrogen-bond acceptors (Lipinski definition) is 4. The molecule has 3 unspecified atom stereocenters. The Kier molecular flexibility index (Phi) is 8.19. The Balaban J connectivity index is 3.83. The summed E-state index contributed by atoms with van der Waals surface area (Å²) >= 11 is 0. The van der Waals surface area contributed by atoms with E-state index in [2.05, 4.69) is 10.5 Å². The van der Waals surface area contributed by atoms with Gasteiger partial charge in [0.05, 0.1) is 0 Å². The zero-order valence-corrected chi connectivity index (χ0v) is 11.1. The van der Waals surface area contributed by atoms with Crippen molar-refractivity contribution in [1.82, 2.24) is 5.32 Å². The van der Waals surface area contributed by atoms with Crippen molar-refractivity contribution in [2.24, 2.45) is 10.9 Å². The highest BCUT2D eigenvalue weighted by Gasteiger charge is 2.10. The highest BCUT2D eigenvalue weighted by atomic mass is 32.2. The molecule has 0 aromatic heterocycles. The maximum atomic E-state index is 11.1. The summed E-state index contributed by atoms with van der Waals surface area (Å²) in [5.41, 5.74) is 5.44. The molecule has 6 heteroatoms. The Hall–Kier alpha value is -0.620. The predicted molar refractivity (Wildman–Crippen MR) is 68.3 cm³/mol. The van der Waals surface area contributed by atoms with Crippen molar-refractivity contribution in [2.75, 3.05) is 12.8 Å². The topological polar surface area (TPSA) is 87.7 Å². The van der Waals surface area contributed by atoms with E-state index >= 15 is 0 Å². The van der Waals surface area contributed by atoms with Crippen molar-refractivity contribution in [3.8, 4) is 0 Å². The number of amidine groups is 1. The van der Waals surface area contributed by atoms with Crippen LogP contribution in [-0.4, -0.2) is 39.3 Å². The van der Waals surface area contributed by atoms with Gasteiger partial charge in [-0.05, 0) is 19.4 Å². The Morgan fingerprint density at radius 3 is 2.69 bits per heavy atom. The van der Waals surface area contributed by atoms with Gasteiger partial charge in [0.25, 0.3) is 0 Å². The van der Waals surface area contributed by atoms with E-state index in [1.165, 1.54) is 0 Å². The standard InChI is InChI=1S/C10H23N3O2S/c1-4-9(7-10(11)13-14)12-6-5-8(2)16(3)15/h8-9,12,14H,4-7H2,1-3H3,(H2,11,13). The molecule has 0 aliphatic carbocycles. The Labute approximate surface area is 99.9 Å². The Morgan fingerprint density at radius 1 is 1.62 bits per heavy atom. The molecule has 0 aromatic carbocycles. The molecule has 0 spiro atoms. The van der Waals surface area contributed by atoms with Crippen LogP contribution in [0.2, 0.25) is 0 Å². The second-order valence-corrected chi connectivity index (χ2v) is 5.75. The first-order chi connectivity index (χ1) is 7.51. The lowest BCUT2D eigenvalue weighted by Gasteiger charge is -2.17. The summed E-state index contributed by atoms with van der Waals surface area (Å²) in [6.45, 7) is 4.82. The third-order valence-electron chi connectivity index (χ3n) is 2.63. The van der Waals surface area contributed by atoms with Gasteiger partial charge in [-0.25, -0.2) is 0 Å². The van der Waals surface area contributed by atoms with Crippen molar-refractivity contribution >= 4 is 16.6 Å². The van der Waals surface area contributed by atoms with Crippen LogP contribution in [0.5, 0.6) is 0 Å². The van der Waals surface area contributed by atoms with E-state index in [4.69, 9.17) is 10.9 Å². The molecule has 0 fully saturated rings. The molecule has 4 N–H and O–H groups in total. The largest absolute Gasteiger partial charge is 0.409 e. The first kappa shape index (κ1) is 15.4. The third-order valence-corrected chi connectivity index (χ3v) is 4.00. The first-order valence-corrected chi connectivity index (χ1v) is 7.15. The van der Waals surface area contributed by atoms with Gasteiger partial charge < -0.3 is 16.3 Å². The summed E-state index contributed by atoms with van der Waals surface area (Å²) in [6.07, 6.45) is 4.05. The van der Waals surface area contributed by atoms with Gasteiger partial charge >= 0.3 is 0 Å². The lowest BCUT2D eigenvalue weighted by Crippen LogP contribution is -2.35.